The fraction of sp³-hybridized carbons (Fsp3) is 0.417. The summed E-state index contributed by atoms with van der Waals surface area (Å²) in [4.78, 5) is 22.4. The lowest BCUT2D eigenvalue weighted by Crippen LogP contribution is -2.23. The lowest BCUT2D eigenvalue weighted by Gasteiger charge is -1.98. The lowest BCUT2D eigenvalue weighted by atomic mass is 10.2. The standard InChI is InChI=1S/C12H14N6O3/c19-11(20)6-18-5-8(14-17-18)4-13-12(21)10-3-9(15-16-10)7-1-2-7/h3,5,7H,1-2,4,6H2,(H,13,21)(H,15,16)(H,19,20). The molecule has 0 spiro atoms. The summed E-state index contributed by atoms with van der Waals surface area (Å²) in [6.45, 7) is -0.0882. The Bertz CT molecular complexity index is 672. The smallest absolute Gasteiger partial charge is 0.325 e. The molecule has 1 aliphatic carbocycles. The van der Waals surface area contributed by atoms with Crippen LogP contribution >= 0.6 is 0 Å². The Morgan fingerprint density at radius 2 is 2.29 bits per heavy atom. The number of carbonyl (C=O) groups is 2. The molecule has 1 fully saturated rings. The predicted molar refractivity (Wildman–Crippen MR) is 69.4 cm³/mol. The number of aromatic amines is 1. The van der Waals surface area contributed by atoms with Crippen molar-refractivity contribution in [2.24, 2.45) is 0 Å². The maximum absolute atomic E-state index is 11.9. The van der Waals surface area contributed by atoms with E-state index in [4.69, 9.17) is 5.11 Å². The molecule has 0 aliphatic heterocycles. The number of carbonyl (C=O) groups excluding carboxylic acids is 1. The number of aromatic nitrogens is 5. The van der Waals surface area contributed by atoms with Crippen molar-refractivity contribution in [3.63, 3.8) is 0 Å². The summed E-state index contributed by atoms with van der Waals surface area (Å²) in [5, 5.41) is 25.6. The van der Waals surface area contributed by atoms with Crippen LogP contribution in [-0.2, 0) is 17.9 Å². The molecule has 9 heteroatoms. The highest BCUT2D eigenvalue weighted by atomic mass is 16.4. The normalized spacial score (nSPS) is 14.1. The van der Waals surface area contributed by atoms with E-state index in [0.717, 1.165) is 18.5 Å². The minimum Gasteiger partial charge on any atom is -0.480 e. The number of hydrogen-bond acceptors (Lipinski definition) is 5. The van der Waals surface area contributed by atoms with Crippen molar-refractivity contribution in [2.75, 3.05) is 0 Å². The SMILES string of the molecule is O=C(O)Cn1cc(CNC(=O)c2cc(C3CC3)[nH]n2)nn1. The molecule has 2 heterocycles. The average Bonchev–Trinajstić information content (AvgIpc) is 3.00. The van der Waals surface area contributed by atoms with Gasteiger partial charge in [-0.1, -0.05) is 5.21 Å². The van der Waals surface area contributed by atoms with Crippen molar-refractivity contribution in [1.29, 1.82) is 0 Å². The molecule has 1 amide bonds. The van der Waals surface area contributed by atoms with Gasteiger partial charge in [0.05, 0.1) is 12.7 Å². The Kier molecular flexibility index (Phi) is 3.38. The van der Waals surface area contributed by atoms with E-state index < -0.39 is 5.97 Å². The molecule has 2 aromatic rings. The highest BCUT2D eigenvalue weighted by Gasteiger charge is 2.26. The van der Waals surface area contributed by atoms with Gasteiger partial charge in [0.2, 0.25) is 0 Å². The summed E-state index contributed by atoms with van der Waals surface area (Å²) in [5.41, 5.74) is 1.82. The Morgan fingerprint density at radius 3 is 3.00 bits per heavy atom. The van der Waals surface area contributed by atoms with Crippen LogP contribution in [0.4, 0.5) is 0 Å². The van der Waals surface area contributed by atoms with Gasteiger partial charge in [-0.2, -0.15) is 5.10 Å². The number of H-pyrrole nitrogens is 1. The van der Waals surface area contributed by atoms with E-state index in [1.807, 2.05) is 0 Å². The van der Waals surface area contributed by atoms with Gasteiger partial charge in [-0.15, -0.1) is 5.10 Å². The first-order valence-electron chi connectivity index (χ1n) is 6.56. The van der Waals surface area contributed by atoms with Crippen molar-refractivity contribution >= 4 is 11.9 Å². The molecule has 110 valence electrons. The van der Waals surface area contributed by atoms with Gasteiger partial charge < -0.3 is 10.4 Å². The number of nitrogens with zero attached hydrogens (tertiary/aromatic N) is 4. The van der Waals surface area contributed by atoms with E-state index in [2.05, 4.69) is 25.8 Å². The van der Waals surface area contributed by atoms with E-state index in [0.29, 0.717) is 17.3 Å². The first kappa shape index (κ1) is 13.3. The first-order valence-corrected chi connectivity index (χ1v) is 6.56. The summed E-state index contributed by atoms with van der Waals surface area (Å²) in [6.07, 6.45) is 3.75. The Balaban J connectivity index is 1.54. The third-order valence-corrected chi connectivity index (χ3v) is 3.16. The maximum Gasteiger partial charge on any atom is 0.325 e. The number of nitrogens with one attached hydrogen (secondary N) is 2. The number of carboxylic acid groups (broad SMARTS) is 1. The molecule has 1 aliphatic rings. The highest BCUT2D eigenvalue weighted by molar-refractivity contribution is 5.92. The molecule has 0 unspecified atom stereocenters. The van der Waals surface area contributed by atoms with Crippen molar-refractivity contribution < 1.29 is 14.7 Å². The molecule has 21 heavy (non-hydrogen) atoms. The van der Waals surface area contributed by atoms with Crippen LogP contribution in [0.15, 0.2) is 12.3 Å². The Labute approximate surface area is 119 Å². The quantitative estimate of drug-likeness (QED) is 0.681. The van der Waals surface area contributed by atoms with Gasteiger partial charge in [0.25, 0.3) is 5.91 Å². The minimum absolute atomic E-state index is 0.171. The number of carboxylic acids is 1. The van der Waals surface area contributed by atoms with Gasteiger partial charge in [0.1, 0.15) is 17.9 Å². The van der Waals surface area contributed by atoms with Gasteiger partial charge in [0, 0.05) is 11.6 Å². The van der Waals surface area contributed by atoms with Crippen LogP contribution in [0, 0.1) is 0 Å². The van der Waals surface area contributed by atoms with Gasteiger partial charge in [-0.05, 0) is 18.9 Å². The molecule has 9 nitrogen and oxygen atoms in total. The van der Waals surface area contributed by atoms with Crippen LogP contribution in [0.5, 0.6) is 0 Å². The number of amides is 1. The van der Waals surface area contributed by atoms with Gasteiger partial charge in [0.15, 0.2) is 0 Å². The second-order valence-electron chi connectivity index (χ2n) is 4.97. The van der Waals surface area contributed by atoms with Crippen LogP contribution in [0.2, 0.25) is 0 Å². The van der Waals surface area contributed by atoms with Gasteiger partial charge in [-0.25, -0.2) is 4.68 Å². The molecule has 0 saturated heterocycles. The largest absolute Gasteiger partial charge is 0.480 e. The molecule has 1 saturated carbocycles. The third kappa shape index (κ3) is 3.25. The molecule has 3 rings (SSSR count). The Morgan fingerprint density at radius 1 is 1.48 bits per heavy atom. The van der Waals surface area contributed by atoms with Gasteiger partial charge >= 0.3 is 5.97 Å². The Hall–Kier alpha value is -2.71. The fourth-order valence-electron chi connectivity index (χ4n) is 1.95. The molecule has 2 aromatic heterocycles. The molecule has 0 aromatic carbocycles. The highest BCUT2D eigenvalue weighted by Crippen LogP contribution is 2.38. The van der Waals surface area contributed by atoms with Crippen LogP contribution in [0.1, 0.15) is 40.6 Å². The first-order chi connectivity index (χ1) is 10.1. The van der Waals surface area contributed by atoms with E-state index in [1.165, 1.54) is 10.9 Å². The second kappa shape index (κ2) is 5.35. The van der Waals surface area contributed by atoms with E-state index in [9.17, 15) is 9.59 Å². The summed E-state index contributed by atoms with van der Waals surface area (Å²) in [6, 6.07) is 1.76. The van der Waals surface area contributed by atoms with Crippen molar-refractivity contribution in [3.8, 4) is 0 Å². The number of aliphatic carboxylic acids is 1. The lowest BCUT2D eigenvalue weighted by molar-refractivity contribution is -0.137. The number of rotatable bonds is 6. The zero-order valence-electron chi connectivity index (χ0n) is 11.1. The fourth-order valence-corrected chi connectivity index (χ4v) is 1.95. The van der Waals surface area contributed by atoms with Gasteiger partial charge in [-0.3, -0.25) is 14.7 Å². The summed E-state index contributed by atoms with van der Waals surface area (Å²) < 4.78 is 1.20. The van der Waals surface area contributed by atoms with E-state index >= 15 is 0 Å². The van der Waals surface area contributed by atoms with Crippen molar-refractivity contribution in [1.82, 2.24) is 30.5 Å². The predicted octanol–water partition coefficient (Wildman–Crippen LogP) is -0.107. The zero-order chi connectivity index (χ0) is 14.8. The maximum atomic E-state index is 11.9. The summed E-state index contributed by atoms with van der Waals surface area (Å²) in [7, 11) is 0. The van der Waals surface area contributed by atoms with Crippen LogP contribution in [0.25, 0.3) is 0 Å². The molecular formula is C12H14N6O3. The van der Waals surface area contributed by atoms with E-state index in [-0.39, 0.29) is 19.0 Å². The van der Waals surface area contributed by atoms with Crippen LogP contribution in [-0.4, -0.2) is 42.2 Å². The van der Waals surface area contributed by atoms with Crippen LogP contribution < -0.4 is 5.32 Å². The monoisotopic (exact) mass is 290 g/mol. The molecule has 3 N–H and O–H groups in total. The summed E-state index contributed by atoms with van der Waals surface area (Å²) >= 11 is 0. The molecule has 0 bridgehead atoms. The number of hydrogen-bond donors (Lipinski definition) is 3. The van der Waals surface area contributed by atoms with E-state index in [1.54, 1.807) is 6.07 Å². The minimum atomic E-state index is -1.00. The van der Waals surface area contributed by atoms with Crippen molar-refractivity contribution in [2.45, 2.75) is 31.8 Å². The second-order valence-corrected chi connectivity index (χ2v) is 4.97. The average molecular weight is 290 g/mol. The molecular weight excluding hydrogens is 276 g/mol. The topological polar surface area (TPSA) is 126 Å². The zero-order valence-corrected chi connectivity index (χ0v) is 11.1. The molecule has 0 atom stereocenters. The van der Waals surface area contributed by atoms with Crippen LogP contribution in [0.3, 0.4) is 0 Å². The van der Waals surface area contributed by atoms with Crippen molar-refractivity contribution in [3.05, 3.63) is 29.3 Å². The third-order valence-electron chi connectivity index (χ3n) is 3.16. The summed E-state index contributed by atoms with van der Waals surface area (Å²) in [5.74, 6) is -0.791. The molecule has 0 radical (unpaired) electrons.